The zero-order valence-corrected chi connectivity index (χ0v) is 12.3. The molecule has 2 aliphatic rings. The number of aliphatic hydroxyl groups is 2. The molecular formula is C14H24N4O3. The van der Waals surface area contributed by atoms with Crippen molar-refractivity contribution in [2.45, 2.75) is 32.2 Å². The number of nitrogens with one attached hydrogen (secondary N) is 2. The van der Waals surface area contributed by atoms with Gasteiger partial charge in [-0.2, -0.15) is 4.99 Å². The van der Waals surface area contributed by atoms with Crippen molar-refractivity contribution in [3.63, 3.8) is 0 Å². The van der Waals surface area contributed by atoms with E-state index in [0.29, 0.717) is 13.0 Å². The average Bonchev–Trinajstić information content (AvgIpc) is 3.19. The SMILES string of the molecule is CC1CCC(NCC2(CO)CC2CO)C(=N)C(=O)N=C1N. The monoisotopic (exact) mass is 296 g/mol. The van der Waals surface area contributed by atoms with E-state index in [1.165, 1.54) is 0 Å². The minimum absolute atomic E-state index is 0.000724. The third kappa shape index (κ3) is 3.30. The minimum atomic E-state index is -0.593. The van der Waals surface area contributed by atoms with Gasteiger partial charge in [-0.05, 0) is 25.2 Å². The molecule has 0 saturated heterocycles. The van der Waals surface area contributed by atoms with E-state index < -0.39 is 5.91 Å². The molecule has 1 fully saturated rings. The van der Waals surface area contributed by atoms with Gasteiger partial charge in [0.25, 0.3) is 5.91 Å². The van der Waals surface area contributed by atoms with Crippen molar-refractivity contribution < 1.29 is 15.0 Å². The standard InChI is InChI=1S/C14H24N4O3/c1-8-2-3-10(11(15)13(21)18-12(8)16)17-6-14(7-20)4-9(14)5-19/h8-10,15,17,19-20H,2-7H2,1H3,(H2,16,18,21). The predicted molar refractivity (Wildman–Crippen MR) is 79.3 cm³/mol. The number of amides is 1. The summed E-state index contributed by atoms with van der Waals surface area (Å²) in [4.78, 5) is 15.6. The van der Waals surface area contributed by atoms with E-state index in [2.05, 4.69) is 10.3 Å². The first-order valence-electron chi connectivity index (χ1n) is 7.35. The molecule has 0 aromatic rings. The van der Waals surface area contributed by atoms with Gasteiger partial charge in [-0.25, -0.2) is 0 Å². The predicted octanol–water partition coefficient (Wildman–Crippen LogP) is -0.731. The van der Waals surface area contributed by atoms with Gasteiger partial charge in [-0.3, -0.25) is 10.2 Å². The van der Waals surface area contributed by atoms with Gasteiger partial charge in [0.05, 0.1) is 12.6 Å². The molecule has 21 heavy (non-hydrogen) atoms. The Balaban J connectivity index is 2.00. The van der Waals surface area contributed by atoms with Crippen molar-refractivity contribution >= 4 is 17.5 Å². The normalized spacial score (nSPS) is 36.9. The van der Waals surface area contributed by atoms with Gasteiger partial charge in [0.15, 0.2) is 0 Å². The van der Waals surface area contributed by atoms with Crippen LogP contribution in [0.4, 0.5) is 0 Å². The van der Waals surface area contributed by atoms with Crippen molar-refractivity contribution in [3.8, 4) is 0 Å². The van der Waals surface area contributed by atoms with Crippen molar-refractivity contribution in [2.24, 2.45) is 28.0 Å². The fraction of sp³-hybridized carbons (Fsp3) is 0.786. The highest BCUT2D eigenvalue weighted by Gasteiger charge is 2.53. The Labute approximate surface area is 124 Å². The highest BCUT2D eigenvalue weighted by atomic mass is 16.3. The number of rotatable bonds is 5. The van der Waals surface area contributed by atoms with E-state index >= 15 is 0 Å². The quantitative estimate of drug-likeness (QED) is 0.456. The molecule has 1 amide bonds. The van der Waals surface area contributed by atoms with Crippen LogP contribution in [0.2, 0.25) is 0 Å². The van der Waals surface area contributed by atoms with E-state index in [9.17, 15) is 15.0 Å². The van der Waals surface area contributed by atoms with Crippen molar-refractivity contribution in [1.82, 2.24) is 5.32 Å². The summed E-state index contributed by atoms with van der Waals surface area (Å²) < 4.78 is 0. The zero-order valence-electron chi connectivity index (χ0n) is 12.3. The van der Waals surface area contributed by atoms with E-state index in [1.807, 2.05) is 6.92 Å². The summed E-state index contributed by atoms with van der Waals surface area (Å²) in [7, 11) is 0. The van der Waals surface area contributed by atoms with Crippen LogP contribution in [0.15, 0.2) is 4.99 Å². The fourth-order valence-electron chi connectivity index (χ4n) is 2.83. The summed E-state index contributed by atoms with van der Waals surface area (Å²) in [6.07, 6.45) is 2.15. The molecular weight excluding hydrogens is 272 g/mol. The summed E-state index contributed by atoms with van der Waals surface area (Å²) >= 11 is 0. The lowest BCUT2D eigenvalue weighted by Gasteiger charge is -2.25. The van der Waals surface area contributed by atoms with Crippen molar-refractivity contribution in [3.05, 3.63) is 0 Å². The van der Waals surface area contributed by atoms with Gasteiger partial charge in [-0.15, -0.1) is 0 Å². The van der Waals surface area contributed by atoms with Gasteiger partial charge in [0.2, 0.25) is 0 Å². The number of hydrogen-bond acceptors (Lipinski definition) is 6. The first kappa shape index (κ1) is 16.1. The van der Waals surface area contributed by atoms with Gasteiger partial charge in [-0.1, -0.05) is 6.92 Å². The number of amidine groups is 1. The van der Waals surface area contributed by atoms with Gasteiger partial charge < -0.3 is 21.3 Å². The second kappa shape index (κ2) is 6.21. The van der Waals surface area contributed by atoms with Crippen LogP contribution in [0.5, 0.6) is 0 Å². The molecule has 0 aromatic heterocycles. The average molecular weight is 296 g/mol. The summed E-state index contributed by atoms with van der Waals surface area (Å²) in [5.41, 5.74) is 5.31. The summed E-state index contributed by atoms with van der Waals surface area (Å²) in [5.74, 6) is -0.188. The van der Waals surface area contributed by atoms with E-state index in [0.717, 1.165) is 12.8 Å². The lowest BCUT2D eigenvalue weighted by atomic mass is 9.95. The van der Waals surface area contributed by atoms with Crippen LogP contribution < -0.4 is 11.1 Å². The molecule has 4 atom stereocenters. The number of nitrogens with zero attached hydrogens (tertiary/aromatic N) is 1. The number of carbonyl (C=O) groups is 1. The fourth-order valence-corrected chi connectivity index (χ4v) is 2.83. The molecule has 1 saturated carbocycles. The Hall–Kier alpha value is -1.31. The highest BCUT2D eigenvalue weighted by molar-refractivity contribution is 6.41. The zero-order chi connectivity index (χ0) is 15.6. The van der Waals surface area contributed by atoms with Crippen LogP contribution in [-0.4, -0.2) is 53.5 Å². The van der Waals surface area contributed by atoms with Crippen LogP contribution in [0.1, 0.15) is 26.2 Å². The number of aliphatic hydroxyl groups excluding tert-OH is 2. The molecule has 7 heteroatoms. The maximum absolute atomic E-state index is 11.8. The Morgan fingerprint density at radius 3 is 2.76 bits per heavy atom. The Morgan fingerprint density at radius 2 is 2.19 bits per heavy atom. The van der Waals surface area contributed by atoms with E-state index in [-0.39, 0.29) is 48.1 Å². The second-order valence-corrected chi connectivity index (χ2v) is 6.27. The molecule has 6 N–H and O–H groups in total. The second-order valence-electron chi connectivity index (χ2n) is 6.27. The number of carbonyl (C=O) groups excluding carboxylic acids is 1. The van der Waals surface area contributed by atoms with Crippen molar-refractivity contribution in [2.75, 3.05) is 19.8 Å². The molecule has 0 bridgehead atoms. The number of hydrogen-bond donors (Lipinski definition) is 5. The smallest absolute Gasteiger partial charge is 0.293 e. The Morgan fingerprint density at radius 1 is 1.48 bits per heavy atom. The third-order valence-corrected chi connectivity index (χ3v) is 4.80. The molecule has 1 aliphatic heterocycles. The topological polar surface area (TPSA) is 132 Å². The molecule has 0 aromatic carbocycles. The van der Waals surface area contributed by atoms with Gasteiger partial charge >= 0.3 is 0 Å². The lowest BCUT2D eigenvalue weighted by Crippen LogP contribution is -2.45. The molecule has 118 valence electrons. The molecule has 1 aliphatic carbocycles. The summed E-state index contributed by atoms with van der Waals surface area (Å²) in [5, 5.41) is 29.8. The molecule has 1 heterocycles. The summed E-state index contributed by atoms with van der Waals surface area (Å²) in [6, 6.07) is -0.375. The Bertz CT molecular complexity index is 465. The molecule has 0 spiro atoms. The first-order valence-corrected chi connectivity index (χ1v) is 7.35. The summed E-state index contributed by atoms with van der Waals surface area (Å²) in [6.45, 7) is 2.46. The van der Waals surface area contributed by atoms with Gasteiger partial charge in [0.1, 0.15) is 11.5 Å². The molecule has 0 radical (unpaired) electrons. The highest BCUT2D eigenvalue weighted by Crippen LogP contribution is 2.51. The van der Waals surface area contributed by atoms with Crippen LogP contribution >= 0.6 is 0 Å². The third-order valence-electron chi connectivity index (χ3n) is 4.80. The molecule has 4 unspecified atom stereocenters. The first-order chi connectivity index (χ1) is 9.93. The van der Waals surface area contributed by atoms with Crippen LogP contribution in [0, 0.1) is 22.7 Å². The molecule has 7 nitrogen and oxygen atoms in total. The number of nitrogens with two attached hydrogens (primary N) is 1. The van der Waals surface area contributed by atoms with Crippen molar-refractivity contribution in [1.29, 1.82) is 5.41 Å². The lowest BCUT2D eigenvalue weighted by molar-refractivity contribution is -0.112. The number of aliphatic imine (C=N–C) groups is 1. The maximum Gasteiger partial charge on any atom is 0.293 e. The van der Waals surface area contributed by atoms with Crippen LogP contribution in [0.3, 0.4) is 0 Å². The van der Waals surface area contributed by atoms with Crippen LogP contribution in [-0.2, 0) is 4.79 Å². The largest absolute Gasteiger partial charge is 0.396 e. The van der Waals surface area contributed by atoms with E-state index in [1.54, 1.807) is 0 Å². The minimum Gasteiger partial charge on any atom is -0.396 e. The van der Waals surface area contributed by atoms with Gasteiger partial charge in [0, 0.05) is 24.5 Å². The van der Waals surface area contributed by atoms with Crippen LogP contribution in [0.25, 0.3) is 0 Å². The maximum atomic E-state index is 11.8. The Kier molecular flexibility index (Phi) is 4.75. The molecule has 2 rings (SSSR count). The van der Waals surface area contributed by atoms with E-state index in [4.69, 9.17) is 11.1 Å².